The summed E-state index contributed by atoms with van der Waals surface area (Å²) >= 11 is 1.75. The molecule has 0 saturated carbocycles. The lowest BCUT2D eigenvalue weighted by Gasteiger charge is -2.34. The smallest absolute Gasteiger partial charge is 0.148 e. The Morgan fingerprint density at radius 3 is 2.90 bits per heavy atom. The van der Waals surface area contributed by atoms with E-state index < -0.39 is 5.97 Å². The third-order valence-corrected chi connectivity index (χ3v) is 4.90. The number of nitrogens with one attached hydrogen (secondary N) is 1. The molecule has 4 heteroatoms. The average molecular weight is 287 g/mol. The second kappa shape index (κ2) is 5.77. The van der Waals surface area contributed by atoms with Crippen molar-refractivity contribution in [2.24, 2.45) is 0 Å². The van der Waals surface area contributed by atoms with Crippen LogP contribution in [0.4, 0.5) is 0 Å². The lowest BCUT2D eigenvalue weighted by molar-refractivity contribution is -0.927. The highest BCUT2D eigenvalue weighted by Gasteiger charge is 2.32. The van der Waals surface area contributed by atoms with Crippen molar-refractivity contribution in [2.75, 3.05) is 13.1 Å². The molecule has 1 aliphatic rings. The molecule has 3 rings (SSSR count). The molecular weight excluding hydrogens is 270 g/mol. The number of rotatable bonds is 4. The van der Waals surface area contributed by atoms with Crippen molar-refractivity contribution in [3.63, 3.8) is 0 Å². The fourth-order valence-electron chi connectivity index (χ4n) is 3.04. The van der Waals surface area contributed by atoms with Gasteiger partial charge in [0.1, 0.15) is 6.04 Å². The molecule has 1 aromatic heterocycles. The molecule has 1 unspecified atom stereocenters. The molecule has 2 aromatic rings. The van der Waals surface area contributed by atoms with E-state index in [1.54, 1.807) is 11.3 Å². The third-order valence-electron chi connectivity index (χ3n) is 3.97. The maximum Gasteiger partial charge on any atom is 0.148 e. The van der Waals surface area contributed by atoms with Gasteiger partial charge in [0.2, 0.25) is 0 Å². The highest BCUT2D eigenvalue weighted by atomic mass is 32.1. The molecule has 0 bridgehead atoms. The number of hydrogen-bond donors (Lipinski definition) is 1. The summed E-state index contributed by atoms with van der Waals surface area (Å²) in [6, 6.07) is 13.0. The van der Waals surface area contributed by atoms with Gasteiger partial charge < -0.3 is 14.8 Å². The largest absolute Gasteiger partial charge is 0.550 e. The van der Waals surface area contributed by atoms with Gasteiger partial charge >= 0.3 is 0 Å². The summed E-state index contributed by atoms with van der Waals surface area (Å²) in [6.07, 6.45) is 1.14. The SMILES string of the molecule is O=C([O-])CC[NH+]1CCc2ccccc2[C@@H]1c1cccs1. The number of hydrogen-bond acceptors (Lipinski definition) is 3. The van der Waals surface area contributed by atoms with Crippen LogP contribution in [0.5, 0.6) is 0 Å². The van der Waals surface area contributed by atoms with Crippen molar-refractivity contribution >= 4 is 17.3 Å². The molecule has 1 aliphatic heterocycles. The van der Waals surface area contributed by atoms with E-state index in [1.807, 2.05) is 0 Å². The summed E-state index contributed by atoms with van der Waals surface area (Å²) < 4.78 is 0. The molecule has 3 nitrogen and oxygen atoms in total. The molecule has 0 fully saturated rings. The fraction of sp³-hybridized carbons (Fsp3) is 0.312. The number of thiophene rings is 1. The molecular formula is C16H17NO2S. The van der Waals surface area contributed by atoms with Crippen molar-refractivity contribution in [3.05, 3.63) is 57.8 Å². The molecule has 2 atom stereocenters. The molecule has 20 heavy (non-hydrogen) atoms. The van der Waals surface area contributed by atoms with Gasteiger partial charge in [0, 0.05) is 24.4 Å². The number of fused-ring (bicyclic) bond motifs is 1. The Bertz CT molecular complexity index is 594. The minimum atomic E-state index is -0.957. The zero-order chi connectivity index (χ0) is 13.9. The Kier molecular flexibility index (Phi) is 3.85. The number of quaternary nitrogens is 1. The third kappa shape index (κ3) is 2.62. The second-order valence-corrected chi connectivity index (χ2v) is 6.16. The number of carbonyl (C=O) groups is 1. The van der Waals surface area contributed by atoms with Crippen LogP contribution in [0, 0.1) is 0 Å². The van der Waals surface area contributed by atoms with Crippen molar-refractivity contribution in [2.45, 2.75) is 18.9 Å². The summed E-state index contributed by atoms with van der Waals surface area (Å²) in [5.41, 5.74) is 2.73. The maximum absolute atomic E-state index is 10.8. The van der Waals surface area contributed by atoms with E-state index in [1.165, 1.54) is 20.9 Å². The van der Waals surface area contributed by atoms with Crippen LogP contribution in [-0.4, -0.2) is 19.1 Å². The van der Waals surface area contributed by atoms with Crippen molar-refractivity contribution in [1.29, 1.82) is 0 Å². The molecule has 2 heterocycles. The summed E-state index contributed by atoms with van der Waals surface area (Å²) in [5, 5.41) is 12.8. The standard InChI is InChI=1S/C16H17NO2S/c18-15(19)8-10-17-9-7-12-4-1-2-5-13(12)16(17)14-6-3-11-20-14/h1-6,11,16H,7-10H2,(H,18,19)/t16-/m1/s1. The van der Waals surface area contributed by atoms with Crippen molar-refractivity contribution in [1.82, 2.24) is 0 Å². The van der Waals surface area contributed by atoms with Gasteiger partial charge in [0.05, 0.1) is 18.0 Å². The number of carbonyl (C=O) groups excluding carboxylic acids is 1. The quantitative estimate of drug-likeness (QED) is 0.886. The highest BCUT2D eigenvalue weighted by Crippen LogP contribution is 2.28. The zero-order valence-electron chi connectivity index (χ0n) is 11.2. The first-order valence-electron chi connectivity index (χ1n) is 6.91. The van der Waals surface area contributed by atoms with Crippen molar-refractivity contribution < 1.29 is 14.8 Å². The van der Waals surface area contributed by atoms with Crippen LogP contribution < -0.4 is 10.0 Å². The van der Waals surface area contributed by atoms with Crippen LogP contribution in [-0.2, 0) is 11.2 Å². The number of carboxylic acid groups (broad SMARTS) is 1. The Labute approximate surface area is 122 Å². The Morgan fingerprint density at radius 1 is 1.30 bits per heavy atom. The van der Waals surface area contributed by atoms with E-state index in [-0.39, 0.29) is 12.5 Å². The minimum Gasteiger partial charge on any atom is -0.550 e. The Morgan fingerprint density at radius 2 is 2.15 bits per heavy atom. The van der Waals surface area contributed by atoms with Gasteiger partial charge in [0.25, 0.3) is 0 Å². The lowest BCUT2D eigenvalue weighted by atomic mass is 9.91. The average Bonchev–Trinajstić information content (AvgIpc) is 2.98. The van der Waals surface area contributed by atoms with Gasteiger partial charge in [-0.3, -0.25) is 0 Å². The predicted octanol–water partition coefficient (Wildman–Crippen LogP) is 0.419. The van der Waals surface area contributed by atoms with Gasteiger partial charge in [-0.15, -0.1) is 11.3 Å². The Balaban J connectivity index is 1.94. The van der Waals surface area contributed by atoms with E-state index in [2.05, 4.69) is 41.8 Å². The van der Waals surface area contributed by atoms with Gasteiger partial charge in [-0.05, 0) is 17.0 Å². The van der Waals surface area contributed by atoms with Crippen LogP contribution in [0.2, 0.25) is 0 Å². The number of benzene rings is 1. The van der Waals surface area contributed by atoms with E-state index in [9.17, 15) is 9.90 Å². The van der Waals surface area contributed by atoms with E-state index >= 15 is 0 Å². The molecule has 0 spiro atoms. The first-order chi connectivity index (χ1) is 9.75. The molecule has 0 amide bonds. The lowest BCUT2D eigenvalue weighted by Crippen LogP contribution is -3.13. The molecule has 104 valence electrons. The summed E-state index contributed by atoms with van der Waals surface area (Å²) in [4.78, 5) is 13.4. The molecule has 0 saturated heterocycles. The highest BCUT2D eigenvalue weighted by molar-refractivity contribution is 7.10. The summed E-state index contributed by atoms with van der Waals surface area (Å²) in [6.45, 7) is 1.60. The molecule has 1 aromatic carbocycles. The fourth-order valence-corrected chi connectivity index (χ4v) is 3.95. The van der Waals surface area contributed by atoms with Gasteiger partial charge in [-0.1, -0.05) is 30.3 Å². The van der Waals surface area contributed by atoms with Gasteiger partial charge in [-0.25, -0.2) is 0 Å². The summed E-state index contributed by atoms with van der Waals surface area (Å²) in [5.74, 6) is -0.957. The normalized spacial score (nSPS) is 21.4. The zero-order valence-corrected chi connectivity index (χ0v) is 12.0. The van der Waals surface area contributed by atoms with Crippen LogP contribution >= 0.6 is 11.3 Å². The molecule has 0 radical (unpaired) electrons. The van der Waals surface area contributed by atoms with E-state index in [0.29, 0.717) is 6.54 Å². The first-order valence-corrected chi connectivity index (χ1v) is 7.79. The topological polar surface area (TPSA) is 44.6 Å². The van der Waals surface area contributed by atoms with E-state index in [0.717, 1.165) is 13.0 Å². The van der Waals surface area contributed by atoms with Crippen LogP contribution in [0.1, 0.15) is 28.5 Å². The van der Waals surface area contributed by atoms with E-state index in [4.69, 9.17) is 0 Å². The first kappa shape index (κ1) is 13.3. The monoisotopic (exact) mass is 287 g/mol. The van der Waals surface area contributed by atoms with Crippen LogP contribution in [0.3, 0.4) is 0 Å². The van der Waals surface area contributed by atoms with Gasteiger partial charge in [-0.2, -0.15) is 0 Å². The summed E-state index contributed by atoms with van der Waals surface area (Å²) in [7, 11) is 0. The van der Waals surface area contributed by atoms with Crippen LogP contribution in [0.25, 0.3) is 0 Å². The van der Waals surface area contributed by atoms with Crippen molar-refractivity contribution in [3.8, 4) is 0 Å². The maximum atomic E-state index is 10.8. The van der Waals surface area contributed by atoms with Gasteiger partial charge in [0.15, 0.2) is 0 Å². The molecule has 0 aliphatic carbocycles. The minimum absolute atomic E-state index is 0.124. The van der Waals surface area contributed by atoms with Crippen LogP contribution in [0.15, 0.2) is 41.8 Å². The Hall–Kier alpha value is -1.65. The second-order valence-electron chi connectivity index (χ2n) is 5.18. The number of aliphatic carboxylic acids is 1. The predicted molar refractivity (Wildman–Crippen MR) is 76.6 cm³/mol. The number of carboxylic acids is 1. The molecule has 1 N–H and O–H groups in total.